The van der Waals surface area contributed by atoms with Crippen LogP contribution in [0.1, 0.15) is 6.92 Å². The number of aromatic hydroxyl groups is 1. The van der Waals surface area contributed by atoms with Gasteiger partial charge in [-0.15, -0.1) is 0 Å². The summed E-state index contributed by atoms with van der Waals surface area (Å²) in [5.41, 5.74) is 0.272. The van der Waals surface area contributed by atoms with E-state index in [0.717, 1.165) is 10.8 Å². The molecule has 0 saturated carbocycles. The standard InChI is InChI=1S/C19H12O5/c1-10(20)23-12-8-15(21)17-16(9-12)24-19-13-5-3-2-4-11(13)6-7-14(19)18(17)22/h2-9,21H,1H3. The largest absolute Gasteiger partial charge is 0.507 e. The second-order valence-electron chi connectivity index (χ2n) is 5.50. The van der Waals surface area contributed by atoms with E-state index in [1.54, 1.807) is 6.07 Å². The minimum atomic E-state index is -0.526. The van der Waals surface area contributed by atoms with Crippen molar-refractivity contribution in [1.29, 1.82) is 0 Å². The summed E-state index contributed by atoms with van der Waals surface area (Å²) in [5, 5.41) is 12.4. The molecule has 0 aliphatic carbocycles. The maximum Gasteiger partial charge on any atom is 0.308 e. The first kappa shape index (κ1) is 14.3. The molecule has 1 N–H and O–H groups in total. The van der Waals surface area contributed by atoms with Gasteiger partial charge in [-0.1, -0.05) is 30.3 Å². The highest BCUT2D eigenvalue weighted by Crippen LogP contribution is 2.32. The van der Waals surface area contributed by atoms with Crippen LogP contribution in [-0.2, 0) is 4.79 Å². The number of phenols is 1. The van der Waals surface area contributed by atoms with Crippen LogP contribution in [0.5, 0.6) is 11.5 Å². The van der Waals surface area contributed by atoms with Gasteiger partial charge in [-0.25, -0.2) is 0 Å². The molecule has 1 heterocycles. The van der Waals surface area contributed by atoms with E-state index < -0.39 is 5.97 Å². The van der Waals surface area contributed by atoms with Crippen molar-refractivity contribution in [2.24, 2.45) is 0 Å². The van der Waals surface area contributed by atoms with Gasteiger partial charge < -0.3 is 14.3 Å². The number of ether oxygens (including phenoxy) is 1. The summed E-state index contributed by atoms with van der Waals surface area (Å²) in [4.78, 5) is 23.9. The van der Waals surface area contributed by atoms with Gasteiger partial charge in [-0.2, -0.15) is 0 Å². The second-order valence-corrected chi connectivity index (χ2v) is 5.50. The fourth-order valence-corrected chi connectivity index (χ4v) is 2.89. The van der Waals surface area contributed by atoms with Crippen LogP contribution in [-0.4, -0.2) is 11.1 Å². The molecule has 5 heteroatoms. The topological polar surface area (TPSA) is 76.7 Å². The Balaban J connectivity index is 2.16. The van der Waals surface area contributed by atoms with Gasteiger partial charge in [-0.3, -0.25) is 9.59 Å². The molecule has 3 aromatic carbocycles. The molecule has 5 nitrogen and oxygen atoms in total. The Bertz CT molecular complexity index is 1190. The average molecular weight is 320 g/mol. The summed E-state index contributed by atoms with van der Waals surface area (Å²) < 4.78 is 10.9. The van der Waals surface area contributed by atoms with E-state index in [0.29, 0.717) is 11.0 Å². The minimum absolute atomic E-state index is 0.0636. The van der Waals surface area contributed by atoms with Gasteiger partial charge in [0.25, 0.3) is 0 Å². The first-order chi connectivity index (χ1) is 11.5. The van der Waals surface area contributed by atoms with Crippen LogP contribution >= 0.6 is 0 Å². The Labute approximate surface area is 135 Å². The molecule has 0 saturated heterocycles. The van der Waals surface area contributed by atoms with Crippen molar-refractivity contribution in [3.05, 3.63) is 58.8 Å². The number of carbonyl (C=O) groups is 1. The maximum atomic E-state index is 12.8. The highest BCUT2D eigenvalue weighted by molar-refractivity contribution is 6.07. The fraction of sp³-hybridized carbons (Fsp3) is 0.0526. The lowest BCUT2D eigenvalue weighted by molar-refractivity contribution is -0.131. The third kappa shape index (κ3) is 2.10. The zero-order valence-electron chi connectivity index (χ0n) is 12.7. The number of hydrogen-bond acceptors (Lipinski definition) is 5. The average Bonchev–Trinajstić information content (AvgIpc) is 2.53. The van der Waals surface area contributed by atoms with Crippen molar-refractivity contribution in [3.8, 4) is 11.5 Å². The Kier molecular flexibility index (Phi) is 3.03. The summed E-state index contributed by atoms with van der Waals surface area (Å²) in [5.74, 6) is -0.690. The molecule has 4 rings (SSSR count). The van der Waals surface area contributed by atoms with Gasteiger partial charge in [0.1, 0.15) is 28.1 Å². The molecule has 0 amide bonds. The zero-order chi connectivity index (χ0) is 16.8. The molecule has 0 unspecified atom stereocenters. The van der Waals surface area contributed by atoms with Crippen molar-refractivity contribution in [3.63, 3.8) is 0 Å². The molecule has 0 aliphatic rings. The Hall–Kier alpha value is -3.34. The smallest absolute Gasteiger partial charge is 0.308 e. The molecule has 4 aromatic rings. The van der Waals surface area contributed by atoms with Crippen molar-refractivity contribution in [2.75, 3.05) is 0 Å². The molecule has 24 heavy (non-hydrogen) atoms. The van der Waals surface area contributed by atoms with Crippen molar-refractivity contribution in [2.45, 2.75) is 6.92 Å². The summed E-state index contributed by atoms with van der Waals surface area (Å²) in [6.45, 7) is 1.26. The Morgan fingerprint density at radius 1 is 1.08 bits per heavy atom. The summed E-state index contributed by atoms with van der Waals surface area (Å²) in [6.07, 6.45) is 0. The molecular weight excluding hydrogens is 308 g/mol. The fourth-order valence-electron chi connectivity index (χ4n) is 2.89. The van der Waals surface area contributed by atoms with E-state index in [4.69, 9.17) is 9.15 Å². The monoisotopic (exact) mass is 320 g/mol. The number of carbonyl (C=O) groups excluding carboxylic acids is 1. The van der Waals surface area contributed by atoms with Crippen LogP contribution in [0.4, 0.5) is 0 Å². The van der Waals surface area contributed by atoms with Crippen LogP contribution in [0.25, 0.3) is 32.7 Å². The van der Waals surface area contributed by atoms with Gasteiger partial charge in [0.05, 0.1) is 5.39 Å². The zero-order valence-corrected chi connectivity index (χ0v) is 12.7. The minimum Gasteiger partial charge on any atom is -0.507 e. The lowest BCUT2D eigenvalue weighted by Crippen LogP contribution is -2.05. The third-order valence-corrected chi connectivity index (χ3v) is 3.88. The van der Waals surface area contributed by atoms with Crippen molar-refractivity contribution in [1.82, 2.24) is 0 Å². The first-order valence-electron chi connectivity index (χ1n) is 7.34. The first-order valence-corrected chi connectivity index (χ1v) is 7.34. The molecule has 0 fully saturated rings. The van der Waals surface area contributed by atoms with Gasteiger partial charge >= 0.3 is 5.97 Å². The van der Waals surface area contributed by atoms with E-state index >= 15 is 0 Å². The summed E-state index contributed by atoms with van der Waals surface area (Å²) in [7, 11) is 0. The highest BCUT2D eigenvalue weighted by atomic mass is 16.5. The molecule has 0 atom stereocenters. The molecule has 0 spiro atoms. The molecular formula is C19H12O5. The molecule has 0 radical (unpaired) electrons. The maximum absolute atomic E-state index is 12.8. The van der Waals surface area contributed by atoms with Gasteiger partial charge in [0.2, 0.25) is 5.43 Å². The van der Waals surface area contributed by atoms with Crippen LogP contribution in [0.2, 0.25) is 0 Å². The number of phenolic OH excluding ortho intramolecular Hbond substituents is 1. The number of fused-ring (bicyclic) bond motifs is 4. The van der Waals surface area contributed by atoms with Gasteiger partial charge in [0, 0.05) is 24.4 Å². The SMILES string of the molecule is CC(=O)Oc1cc(O)c2c(=O)c3ccc4ccccc4c3oc2c1. The Morgan fingerprint density at radius 3 is 2.67 bits per heavy atom. The lowest BCUT2D eigenvalue weighted by atomic mass is 10.1. The predicted molar refractivity (Wildman–Crippen MR) is 90.5 cm³/mol. The van der Waals surface area contributed by atoms with Crippen molar-refractivity contribution >= 4 is 38.7 Å². The number of hydrogen-bond donors (Lipinski definition) is 1. The van der Waals surface area contributed by atoms with Gasteiger partial charge in [0.15, 0.2) is 0 Å². The molecule has 118 valence electrons. The molecule has 0 bridgehead atoms. The lowest BCUT2D eigenvalue weighted by Gasteiger charge is -2.08. The van der Waals surface area contributed by atoms with Crippen LogP contribution in [0, 0.1) is 0 Å². The summed E-state index contributed by atoms with van der Waals surface area (Å²) in [6, 6.07) is 13.7. The van der Waals surface area contributed by atoms with Crippen LogP contribution in [0.3, 0.4) is 0 Å². The third-order valence-electron chi connectivity index (χ3n) is 3.88. The van der Waals surface area contributed by atoms with Crippen LogP contribution < -0.4 is 10.2 Å². The van der Waals surface area contributed by atoms with E-state index in [-0.39, 0.29) is 27.9 Å². The van der Waals surface area contributed by atoms with E-state index in [9.17, 15) is 14.7 Å². The normalized spacial score (nSPS) is 11.2. The van der Waals surface area contributed by atoms with Gasteiger partial charge in [-0.05, 0) is 11.5 Å². The predicted octanol–water partition coefficient (Wildman–Crippen LogP) is 3.73. The molecule has 0 aliphatic heterocycles. The highest BCUT2D eigenvalue weighted by Gasteiger charge is 2.15. The second kappa shape index (κ2) is 5.09. The van der Waals surface area contributed by atoms with E-state index in [1.807, 2.05) is 30.3 Å². The summed E-state index contributed by atoms with van der Waals surface area (Å²) >= 11 is 0. The van der Waals surface area contributed by atoms with Crippen molar-refractivity contribution < 1.29 is 19.1 Å². The van der Waals surface area contributed by atoms with E-state index in [1.165, 1.54) is 19.1 Å². The molecule has 1 aromatic heterocycles. The number of rotatable bonds is 1. The van der Waals surface area contributed by atoms with Crippen LogP contribution in [0.15, 0.2) is 57.7 Å². The number of benzene rings is 3. The quantitative estimate of drug-likeness (QED) is 0.250. The van der Waals surface area contributed by atoms with E-state index in [2.05, 4.69) is 0 Å². The number of esters is 1. The Morgan fingerprint density at radius 2 is 1.88 bits per heavy atom.